The summed E-state index contributed by atoms with van der Waals surface area (Å²) in [6.07, 6.45) is 2.91. The van der Waals surface area contributed by atoms with Gasteiger partial charge in [0.25, 0.3) is 5.91 Å². The van der Waals surface area contributed by atoms with Gasteiger partial charge in [-0.2, -0.15) is 0 Å². The zero-order valence-electron chi connectivity index (χ0n) is 25.1. The quantitative estimate of drug-likeness (QED) is 0.160. The van der Waals surface area contributed by atoms with Crippen molar-refractivity contribution in [1.29, 1.82) is 0 Å². The topological polar surface area (TPSA) is 80.6 Å². The minimum absolute atomic E-state index is 0.00955. The van der Waals surface area contributed by atoms with Crippen molar-refractivity contribution in [1.82, 2.24) is 24.6 Å². The van der Waals surface area contributed by atoms with Gasteiger partial charge in [-0.3, -0.25) is 14.2 Å². The van der Waals surface area contributed by atoms with Crippen LogP contribution in [0.5, 0.6) is 5.75 Å². The molecule has 8 nitrogen and oxygen atoms in total. The molecular weight excluding hydrogens is 558 g/mol. The summed E-state index contributed by atoms with van der Waals surface area (Å²) in [4.78, 5) is 29.8. The first-order valence-corrected chi connectivity index (χ1v) is 15.8. The first-order valence-electron chi connectivity index (χ1n) is 14.8. The van der Waals surface area contributed by atoms with E-state index in [-0.39, 0.29) is 17.9 Å². The maximum Gasteiger partial charge on any atom is 0.254 e. The predicted molar refractivity (Wildman–Crippen MR) is 170 cm³/mol. The highest BCUT2D eigenvalue weighted by Gasteiger charge is 2.30. The Morgan fingerprint density at radius 2 is 1.67 bits per heavy atom. The van der Waals surface area contributed by atoms with Gasteiger partial charge < -0.3 is 14.5 Å². The molecule has 43 heavy (non-hydrogen) atoms. The van der Waals surface area contributed by atoms with Crippen molar-refractivity contribution in [3.8, 4) is 11.4 Å². The van der Waals surface area contributed by atoms with Crippen LogP contribution in [0.25, 0.3) is 5.69 Å². The van der Waals surface area contributed by atoms with Gasteiger partial charge in [0.15, 0.2) is 5.16 Å². The molecule has 9 heteroatoms. The summed E-state index contributed by atoms with van der Waals surface area (Å²) in [5.74, 6) is 2.63. The number of rotatable bonds is 11. The molecule has 3 aromatic carbocycles. The standard InChI is InChI=1S/C34H39N5O3S/c1-25-12-16-29(17-13-25)39-31(23-27-9-5-4-6-10-27)35-36-34(39)43-22-8-7-11-32(40)37-20-21-38(26(2)24-37)33(41)28-14-18-30(42-3)19-15-28/h4-6,9-10,12-19,26H,7-8,11,20-24H2,1-3H3. The van der Waals surface area contributed by atoms with E-state index in [1.807, 2.05) is 34.9 Å². The Hall–Kier alpha value is -4.11. The van der Waals surface area contributed by atoms with E-state index in [4.69, 9.17) is 4.74 Å². The fraction of sp³-hybridized carbons (Fsp3) is 0.353. The van der Waals surface area contributed by atoms with E-state index in [0.29, 0.717) is 38.0 Å². The van der Waals surface area contributed by atoms with Gasteiger partial charge in [0.05, 0.1) is 7.11 Å². The van der Waals surface area contributed by atoms with Crippen LogP contribution in [-0.2, 0) is 11.2 Å². The van der Waals surface area contributed by atoms with E-state index in [9.17, 15) is 9.59 Å². The van der Waals surface area contributed by atoms with E-state index in [2.05, 4.69) is 58.1 Å². The van der Waals surface area contributed by atoms with Gasteiger partial charge >= 0.3 is 0 Å². The van der Waals surface area contributed by atoms with Gasteiger partial charge in [-0.15, -0.1) is 10.2 Å². The van der Waals surface area contributed by atoms with Crippen molar-refractivity contribution < 1.29 is 14.3 Å². The monoisotopic (exact) mass is 597 g/mol. The summed E-state index contributed by atoms with van der Waals surface area (Å²) in [6.45, 7) is 5.74. The fourth-order valence-electron chi connectivity index (χ4n) is 5.33. The number of benzene rings is 3. The first kappa shape index (κ1) is 30.4. The van der Waals surface area contributed by atoms with E-state index in [1.165, 1.54) is 11.1 Å². The molecule has 224 valence electrons. The number of amides is 2. The van der Waals surface area contributed by atoms with E-state index >= 15 is 0 Å². The number of hydrogen-bond acceptors (Lipinski definition) is 6. The van der Waals surface area contributed by atoms with Gasteiger partial charge in [0, 0.05) is 55.5 Å². The number of unbranched alkanes of at least 4 members (excludes halogenated alkanes) is 1. The molecular formula is C34H39N5O3S. The molecule has 1 unspecified atom stereocenters. The molecule has 1 aliphatic heterocycles. The van der Waals surface area contributed by atoms with Crippen LogP contribution < -0.4 is 4.74 Å². The zero-order valence-corrected chi connectivity index (χ0v) is 25.9. The third kappa shape index (κ3) is 7.65. The second kappa shape index (κ2) is 14.4. The Morgan fingerprint density at radius 1 is 0.930 bits per heavy atom. The molecule has 0 N–H and O–H groups in total. The SMILES string of the molecule is COc1ccc(C(=O)N2CCN(C(=O)CCCCSc3nnc(Cc4ccccc4)n3-c3ccc(C)cc3)CC2C)cc1. The van der Waals surface area contributed by atoms with Crippen LogP contribution in [-0.4, -0.2) is 74.9 Å². The fourth-order valence-corrected chi connectivity index (χ4v) is 6.29. The van der Waals surface area contributed by atoms with Crippen LogP contribution in [0, 0.1) is 6.92 Å². The van der Waals surface area contributed by atoms with Crippen molar-refractivity contribution in [3.63, 3.8) is 0 Å². The van der Waals surface area contributed by atoms with Crippen molar-refractivity contribution in [2.45, 2.75) is 50.7 Å². The number of carbonyl (C=O) groups excluding carboxylic acids is 2. The van der Waals surface area contributed by atoms with E-state index in [0.717, 1.165) is 41.0 Å². The van der Waals surface area contributed by atoms with Crippen LogP contribution in [0.2, 0.25) is 0 Å². The second-order valence-corrected chi connectivity index (χ2v) is 12.0. The molecule has 1 aliphatic rings. The van der Waals surface area contributed by atoms with Gasteiger partial charge in [-0.25, -0.2) is 0 Å². The number of thioether (sulfide) groups is 1. The van der Waals surface area contributed by atoms with Crippen LogP contribution in [0.15, 0.2) is 84.0 Å². The van der Waals surface area contributed by atoms with Gasteiger partial charge in [-0.1, -0.05) is 59.8 Å². The van der Waals surface area contributed by atoms with Crippen molar-refractivity contribution in [3.05, 3.63) is 101 Å². The van der Waals surface area contributed by atoms with E-state index < -0.39 is 0 Å². The van der Waals surface area contributed by atoms with Gasteiger partial charge in [0.2, 0.25) is 5.91 Å². The zero-order chi connectivity index (χ0) is 30.2. The summed E-state index contributed by atoms with van der Waals surface area (Å²) >= 11 is 1.68. The van der Waals surface area contributed by atoms with Crippen LogP contribution in [0.4, 0.5) is 0 Å². The van der Waals surface area contributed by atoms with Gasteiger partial charge in [-0.05, 0) is 68.7 Å². The van der Waals surface area contributed by atoms with Crippen LogP contribution in [0.1, 0.15) is 53.5 Å². The molecule has 1 aromatic heterocycles. The maximum atomic E-state index is 13.0. The molecule has 1 fully saturated rings. The third-order valence-corrected chi connectivity index (χ3v) is 8.81. The number of methoxy groups -OCH3 is 1. The number of hydrogen-bond donors (Lipinski definition) is 0. The Bertz CT molecular complexity index is 1510. The molecule has 5 rings (SSSR count). The minimum Gasteiger partial charge on any atom is -0.497 e. The average molecular weight is 598 g/mol. The normalized spacial score (nSPS) is 15.0. The van der Waals surface area contributed by atoms with Crippen molar-refractivity contribution >= 4 is 23.6 Å². The van der Waals surface area contributed by atoms with Crippen LogP contribution in [0.3, 0.4) is 0 Å². The molecule has 0 radical (unpaired) electrons. The molecule has 1 saturated heterocycles. The van der Waals surface area contributed by atoms with Gasteiger partial charge in [0.1, 0.15) is 11.6 Å². The average Bonchev–Trinajstić information content (AvgIpc) is 3.43. The number of carbonyl (C=O) groups is 2. The lowest BCUT2D eigenvalue weighted by atomic mass is 10.1. The highest BCUT2D eigenvalue weighted by atomic mass is 32.2. The summed E-state index contributed by atoms with van der Waals surface area (Å²) < 4.78 is 7.35. The Kier molecular flexibility index (Phi) is 10.1. The summed E-state index contributed by atoms with van der Waals surface area (Å²) in [5, 5.41) is 9.96. The first-order chi connectivity index (χ1) is 20.9. The van der Waals surface area contributed by atoms with Crippen LogP contribution >= 0.6 is 11.8 Å². The lowest BCUT2D eigenvalue weighted by Crippen LogP contribution is -2.55. The van der Waals surface area contributed by atoms with Crippen molar-refractivity contribution in [2.24, 2.45) is 0 Å². The summed E-state index contributed by atoms with van der Waals surface area (Å²) in [5.41, 5.74) is 4.09. The maximum absolute atomic E-state index is 13.0. The highest BCUT2D eigenvalue weighted by Crippen LogP contribution is 2.25. The Balaban J connectivity index is 1.11. The summed E-state index contributed by atoms with van der Waals surface area (Å²) in [7, 11) is 1.61. The molecule has 0 spiro atoms. The van der Waals surface area contributed by atoms with E-state index in [1.54, 1.807) is 43.1 Å². The molecule has 4 aromatic rings. The predicted octanol–water partition coefficient (Wildman–Crippen LogP) is 5.81. The number of aromatic nitrogens is 3. The second-order valence-electron chi connectivity index (χ2n) is 11.0. The molecule has 2 heterocycles. The highest BCUT2D eigenvalue weighted by molar-refractivity contribution is 7.99. The summed E-state index contributed by atoms with van der Waals surface area (Å²) in [6, 6.07) is 25.9. The van der Waals surface area contributed by atoms with Crippen molar-refractivity contribution in [2.75, 3.05) is 32.5 Å². The number of aryl methyl sites for hydroxylation is 1. The number of nitrogens with zero attached hydrogens (tertiary/aromatic N) is 5. The molecule has 2 amide bonds. The largest absolute Gasteiger partial charge is 0.497 e. The third-order valence-electron chi connectivity index (χ3n) is 7.79. The Morgan fingerprint density at radius 3 is 2.37 bits per heavy atom. The molecule has 0 saturated carbocycles. The number of piperazine rings is 1. The molecule has 1 atom stereocenters. The Labute approximate surface area is 258 Å². The molecule has 0 aliphatic carbocycles. The molecule has 0 bridgehead atoms. The number of ether oxygens (including phenoxy) is 1. The smallest absolute Gasteiger partial charge is 0.254 e. The lowest BCUT2D eigenvalue weighted by Gasteiger charge is -2.40. The lowest BCUT2D eigenvalue weighted by molar-refractivity contribution is -0.133. The minimum atomic E-state index is -0.0407.